The van der Waals surface area contributed by atoms with E-state index in [-0.39, 0.29) is 0 Å². The predicted octanol–water partition coefficient (Wildman–Crippen LogP) is 10.9. The van der Waals surface area contributed by atoms with Gasteiger partial charge >= 0.3 is 0 Å². The molecule has 0 spiro atoms. The van der Waals surface area contributed by atoms with Crippen molar-refractivity contribution in [2.45, 2.75) is 0 Å². The van der Waals surface area contributed by atoms with Crippen LogP contribution in [0.4, 0.5) is 0 Å². The minimum atomic E-state index is -2.82. The summed E-state index contributed by atoms with van der Waals surface area (Å²) in [6.45, 7) is 1.92. The number of rotatable bonds is 5. The Morgan fingerprint density at radius 1 is 0.449 bits per heavy atom. The molecule has 9 rings (SSSR count). The fourth-order valence-electron chi connectivity index (χ4n) is 7.31. The number of hydrogen-bond acceptors (Lipinski definition) is 3. The van der Waals surface area contributed by atoms with Crippen LogP contribution in [0.15, 0.2) is 170 Å². The van der Waals surface area contributed by atoms with Gasteiger partial charge in [0.1, 0.15) is 7.14 Å². The third-order valence-corrected chi connectivity index (χ3v) is 12.3. The molecule has 8 aromatic rings. The van der Waals surface area contributed by atoms with Crippen molar-refractivity contribution < 1.29 is 4.57 Å². The van der Waals surface area contributed by atoms with E-state index in [1.165, 1.54) is 0 Å². The first-order valence-corrected chi connectivity index (χ1v) is 18.7. The predicted molar refractivity (Wildman–Crippen MR) is 205 cm³/mol. The molecule has 4 heteroatoms. The van der Waals surface area contributed by atoms with E-state index in [0.717, 1.165) is 82.8 Å². The maximum atomic E-state index is 14.6. The molecule has 0 fully saturated rings. The summed E-state index contributed by atoms with van der Waals surface area (Å²) in [6, 6.07) is 58.6. The molecule has 2 heterocycles. The van der Waals surface area contributed by atoms with Crippen LogP contribution < -0.4 is 10.6 Å². The first-order valence-electron chi connectivity index (χ1n) is 16.5. The Kier molecular flexibility index (Phi) is 6.97. The normalized spacial score (nSPS) is 14.8. The van der Waals surface area contributed by atoms with Crippen LogP contribution in [0.5, 0.6) is 0 Å². The van der Waals surface area contributed by atoms with E-state index in [9.17, 15) is 4.57 Å². The van der Waals surface area contributed by atoms with Gasteiger partial charge in [-0.25, -0.2) is 9.97 Å². The van der Waals surface area contributed by atoms with Gasteiger partial charge in [-0.15, -0.1) is 0 Å². The highest BCUT2D eigenvalue weighted by molar-refractivity contribution is 7.79. The lowest BCUT2D eigenvalue weighted by molar-refractivity contribution is 0.591. The van der Waals surface area contributed by atoms with Gasteiger partial charge in [0, 0.05) is 27.3 Å². The van der Waals surface area contributed by atoms with Crippen LogP contribution in [-0.4, -0.2) is 16.6 Å². The van der Waals surface area contributed by atoms with Crippen molar-refractivity contribution in [2.24, 2.45) is 0 Å². The molecule has 0 radical (unpaired) electrons. The molecule has 0 saturated heterocycles. The lowest BCUT2D eigenvalue weighted by atomic mass is 9.88. The van der Waals surface area contributed by atoms with Gasteiger partial charge in [0.15, 0.2) is 5.82 Å². The molecule has 3 nitrogen and oxygen atoms in total. The Balaban J connectivity index is 1.21. The average molecular weight is 647 g/mol. The van der Waals surface area contributed by atoms with Crippen molar-refractivity contribution in [2.75, 3.05) is 6.66 Å². The third kappa shape index (κ3) is 4.94. The summed E-state index contributed by atoms with van der Waals surface area (Å²) < 4.78 is 14.6. The quantitative estimate of drug-likeness (QED) is 0.175. The number of nitrogens with zero attached hydrogens (tertiary/aromatic N) is 2. The Bertz CT molecular complexity index is 2520. The lowest BCUT2D eigenvalue weighted by Crippen LogP contribution is -2.11. The molecular weight excluding hydrogens is 615 g/mol. The molecule has 0 N–H and O–H groups in total. The van der Waals surface area contributed by atoms with E-state index in [1.807, 2.05) is 73.4 Å². The minimum Gasteiger partial charge on any atom is -0.314 e. The number of aromatic nitrogens is 2. The molecule has 49 heavy (non-hydrogen) atoms. The van der Waals surface area contributed by atoms with Crippen LogP contribution in [0.2, 0.25) is 0 Å². The fourth-order valence-corrected chi connectivity index (χ4v) is 9.89. The van der Waals surface area contributed by atoms with Crippen molar-refractivity contribution in [3.8, 4) is 67.3 Å². The van der Waals surface area contributed by atoms with E-state index >= 15 is 0 Å². The fraction of sp³-hybridized carbons (Fsp3) is 0.0222. The maximum absolute atomic E-state index is 14.6. The standard InChI is InChI=1S/C45H31N2OP/c1-49(48)42-22-11-10-19-36(42)38-20-12-21-39(44(38)49)37-28-27-30-13-8-9-18-35(30)43(37)33-25-23-32(24-26-33)41-29-40(31-14-4-2-5-15-31)46-45(47-41)34-16-6-3-7-17-34/h2-29H,1H3. The highest BCUT2D eigenvalue weighted by atomic mass is 31.2. The Labute approximate surface area is 286 Å². The van der Waals surface area contributed by atoms with Crippen LogP contribution in [0.1, 0.15) is 0 Å². The van der Waals surface area contributed by atoms with Crippen molar-refractivity contribution >= 4 is 28.5 Å². The van der Waals surface area contributed by atoms with Crippen LogP contribution in [-0.2, 0) is 4.57 Å². The van der Waals surface area contributed by atoms with Crippen molar-refractivity contribution in [1.82, 2.24) is 9.97 Å². The molecule has 0 bridgehead atoms. The second-order valence-electron chi connectivity index (χ2n) is 12.6. The molecule has 1 aliphatic rings. The highest BCUT2D eigenvalue weighted by Crippen LogP contribution is 2.53. The zero-order valence-corrected chi connectivity index (χ0v) is 27.8. The molecule has 7 aromatic carbocycles. The molecule has 1 aromatic heterocycles. The first-order chi connectivity index (χ1) is 24.1. The van der Waals surface area contributed by atoms with Gasteiger partial charge in [0.05, 0.1) is 11.4 Å². The van der Waals surface area contributed by atoms with Crippen LogP contribution >= 0.6 is 7.14 Å². The van der Waals surface area contributed by atoms with Gasteiger partial charge < -0.3 is 4.57 Å². The zero-order valence-electron chi connectivity index (χ0n) is 26.9. The topological polar surface area (TPSA) is 42.9 Å². The molecule has 0 amide bonds. The van der Waals surface area contributed by atoms with Gasteiger partial charge in [0.2, 0.25) is 0 Å². The average Bonchev–Trinajstić information content (AvgIpc) is 3.41. The molecule has 1 unspecified atom stereocenters. The number of benzene rings is 7. The Morgan fingerprint density at radius 3 is 1.73 bits per heavy atom. The summed E-state index contributed by atoms with van der Waals surface area (Å²) in [4.78, 5) is 10.0. The Hall–Kier alpha value is -5.89. The van der Waals surface area contributed by atoms with E-state index in [1.54, 1.807) is 0 Å². The Morgan fingerprint density at radius 2 is 1.00 bits per heavy atom. The van der Waals surface area contributed by atoms with Gasteiger partial charge in [-0.1, -0.05) is 164 Å². The van der Waals surface area contributed by atoms with Crippen molar-refractivity contribution in [3.05, 3.63) is 170 Å². The summed E-state index contributed by atoms with van der Waals surface area (Å²) in [5.41, 5.74) is 11.3. The maximum Gasteiger partial charge on any atom is 0.160 e. The van der Waals surface area contributed by atoms with E-state index in [4.69, 9.17) is 9.97 Å². The van der Waals surface area contributed by atoms with Crippen LogP contribution in [0, 0.1) is 0 Å². The number of fused-ring (bicyclic) bond motifs is 4. The monoisotopic (exact) mass is 646 g/mol. The second-order valence-corrected chi connectivity index (χ2v) is 15.4. The third-order valence-electron chi connectivity index (χ3n) is 9.63. The first kappa shape index (κ1) is 29.3. The zero-order chi connectivity index (χ0) is 33.0. The van der Waals surface area contributed by atoms with E-state index in [2.05, 4.69) is 103 Å². The summed E-state index contributed by atoms with van der Waals surface area (Å²) in [6.07, 6.45) is 0. The minimum absolute atomic E-state index is 0.695. The van der Waals surface area contributed by atoms with Gasteiger partial charge in [-0.3, -0.25) is 0 Å². The molecule has 0 saturated carbocycles. The second kappa shape index (κ2) is 11.7. The van der Waals surface area contributed by atoms with Crippen LogP contribution in [0.3, 0.4) is 0 Å². The molecular formula is C45H31N2OP. The number of hydrogen-bond donors (Lipinski definition) is 0. The van der Waals surface area contributed by atoms with E-state index < -0.39 is 7.14 Å². The largest absolute Gasteiger partial charge is 0.314 e. The van der Waals surface area contributed by atoms with Crippen molar-refractivity contribution in [1.29, 1.82) is 0 Å². The summed E-state index contributed by atoms with van der Waals surface area (Å²) in [5, 5.41) is 4.22. The SMILES string of the molecule is CP1(=O)c2ccccc2-c2cccc(-c3ccc4ccccc4c3-c3ccc(-c4cc(-c5ccccc5)nc(-c5ccccc5)n4)cc3)c21. The summed E-state index contributed by atoms with van der Waals surface area (Å²) in [7, 11) is -2.82. The summed E-state index contributed by atoms with van der Waals surface area (Å²) >= 11 is 0. The molecule has 232 valence electrons. The van der Waals surface area contributed by atoms with E-state index in [0.29, 0.717) is 5.82 Å². The lowest BCUT2D eigenvalue weighted by Gasteiger charge is -2.19. The smallest absolute Gasteiger partial charge is 0.160 e. The van der Waals surface area contributed by atoms with Gasteiger partial charge in [-0.2, -0.15) is 0 Å². The molecule has 0 aliphatic carbocycles. The summed E-state index contributed by atoms with van der Waals surface area (Å²) in [5.74, 6) is 0.695. The van der Waals surface area contributed by atoms with Gasteiger partial charge in [-0.05, 0) is 56.9 Å². The van der Waals surface area contributed by atoms with Crippen molar-refractivity contribution in [3.63, 3.8) is 0 Å². The molecule has 1 aliphatic heterocycles. The molecule has 1 atom stereocenters. The van der Waals surface area contributed by atoms with Gasteiger partial charge in [0.25, 0.3) is 0 Å². The highest BCUT2D eigenvalue weighted by Gasteiger charge is 2.37. The van der Waals surface area contributed by atoms with Crippen LogP contribution in [0.25, 0.3) is 78.1 Å².